The largest absolute Gasteiger partial charge is 0.301 e. The van der Waals surface area contributed by atoms with Crippen molar-refractivity contribution in [2.75, 3.05) is 13.2 Å². The van der Waals surface area contributed by atoms with Gasteiger partial charge in [-0.15, -0.1) is 0 Å². The van der Waals surface area contributed by atoms with Gasteiger partial charge in [-0.1, -0.05) is 0 Å². The molecule has 0 aliphatic carbocycles. The van der Waals surface area contributed by atoms with Crippen molar-refractivity contribution in [3.63, 3.8) is 0 Å². The minimum Gasteiger partial charge on any atom is -0.301 e. The molecule has 1 nitrogen and oxygen atoms in total. The number of hydrogen-bond acceptors (Lipinski definition) is 1. The van der Waals surface area contributed by atoms with Gasteiger partial charge in [0.05, 0.1) is 6.54 Å². The van der Waals surface area contributed by atoms with E-state index in [2.05, 4.69) is 5.32 Å². The average Bonchev–Trinajstić information content (AvgIpc) is 1.66. The fourth-order valence-electron chi connectivity index (χ4n) is 0.568. The monoisotopic (exact) mass is 125 g/mol. The summed E-state index contributed by atoms with van der Waals surface area (Å²) in [6.07, 6.45) is 0. The number of alkyl halides is 3. The first-order valence-corrected chi connectivity index (χ1v) is 2.34. The molecule has 1 atom stereocenters. The Morgan fingerprint density at radius 3 is 2.25 bits per heavy atom. The van der Waals surface area contributed by atoms with Crippen LogP contribution in [0.25, 0.3) is 0 Å². The summed E-state index contributed by atoms with van der Waals surface area (Å²) < 4.78 is 35.2. The zero-order chi connectivity index (χ0) is 6.20. The van der Waals surface area contributed by atoms with Crippen molar-refractivity contribution < 1.29 is 13.2 Å². The first kappa shape index (κ1) is 5.88. The summed E-state index contributed by atoms with van der Waals surface area (Å²) >= 11 is 0. The second-order valence-electron chi connectivity index (χ2n) is 1.85. The molecule has 4 heteroatoms. The second-order valence-corrected chi connectivity index (χ2v) is 1.85. The normalized spacial score (nSPS) is 34.1. The van der Waals surface area contributed by atoms with Gasteiger partial charge in [-0.3, -0.25) is 0 Å². The summed E-state index contributed by atoms with van der Waals surface area (Å²) in [5.74, 6) is -2.80. The molecule has 0 spiro atoms. The standard InChI is InChI=1S/C4H6F3N/c5-1-3-4(6,7)2-8-3/h3,8H,1-2H2/t3-/m0/s1. The van der Waals surface area contributed by atoms with E-state index in [9.17, 15) is 13.2 Å². The van der Waals surface area contributed by atoms with Gasteiger partial charge in [-0.2, -0.15) is 0 Å². The van der Waals surface area contributed by atoms with Crippen LogP contribution in [0.15, 0.2) is 0 Å². The highest BCUT2D eigenvalue weighted by Gasteiger charge is 2.47. The van der Waals surface area contributed by atoms with E-state index < -0.39 is 18.6 Å². The van der Waals surface area contributed by atoms with Gasteiger partial charge in [0.1, 0.15) is 12.7 Å². The van der Waals surface area contributed by atoms with Crippen molar-refractivity contribution in [2.24, 2.45) is 0 Å². The summed E-state index contributed by atoms with van der Waals surface area (Å²) in [6.45, 7) is -1.35. The van der Waals surface area contributed by atoms with Gasteiger partial charge in [0.2, 0.25) is 0 Å². The van der Waals surface area contributed by atoms with E-state index in [1.54, 1.807) is 0 Å². The molecule has 0 radical (unpaired) electrons. The molecule has 0 aromatic carbocycles. The van der Waals surface area contributed by atoms with Crippen LogP contribution in [0.5, 0.6) is 0 Å². The molecule has 1 fully saturated rings. The van der Waals surface area contributed by atoms with E-state index in [0.29, 0.717) is 0 Å². The first-order chi connectivity index (χ1) is 3.67. The van der Waals surface area contributed by atoms with E-state index in [-0.39, 0.29) is 6.54 Å². The van der Waals surface area contributed by atoms with Crippen molar-refractivity contribution in [2.45, 2.75) is 12.0 Å². The number of halogens is 3. The molecule has 0 bridgehead atoms. The average molecular weight is 125 g/mol. The van der Waals surface area contributed by atoms with Crippen LogP contribution in [-0.2, 0) is 0 Å². The predicted molar refractivity (Wildman–Crippen MR) is 22.7 cm³/mol. The van der Waals surface area contributed by atoms with E-state index in [1.165, 1.54) is 0 Å². The lowest BCUT2D eigenvalue weighted by molar-refractivity contribution is -0.101. The van der Waals surface area contributed by atoms with E-state index >= 15 is 0 Å². The minimum absolute atomic E-state index is 0.373. The Bertz CT molecular complexity index is 91.3. The lowest BCUT2D eigenvalue weighted by Gasteiger charge is -2.35. The van der Waals surface area contributed by atoms with Crippen LogP contribution in [0.2, 0.25) is 0 Å². The van der Waals surface area contributed by atoms with Gasteiger partial charge in [0.15, 0.2) is 0 Å². The molecule has 0 saturated carbocycles. The van der Waals surface area contributed by atoms with Crippen LogP contribution in [-0.4, -0.2) is 25.2 Å². The smallest absolute Gasteiger partial charge is 0.277 e. The summed E-state index contributed by atoms with van der Waals surface area (Å²) in [5.41, 5.74) is 0. The molecule has 8 heavy (non-hydrogen) atoms. The molecular weight excluding hydrogens is 119 g/mol. The molecule has 0 aromatic heterocycles. The molecule has 0 amide bonds. The maximum Gasteiger partial charge on any atom is 0.277 e. The van der Waals surface area contributed by atoms with Gasteiger partial charge in [0.25, 0.3) is 5.92 Å². The van der Waals surface area contributed by atoms with Crippen molar-refractivity contribution in [3.8, 4) is 0 Å². The van der Waals surface area contributed by atoms with Crippen molar-refractivity contribution in [1.82, 2.24) is 5.32 Å². The third-order valence-corrected chi connectivity index (χ3v) is 1.25. The quantitative estimate of drug-likeness (QED) is 0.540. The van der Waals surface area contributed by atoms with Crippen molar-refractivity contribution in [3.05, 3.63) is 0 Å². The van der Waals surface area contributed by atoms with Gasteiger partial charge in [-0.25, -0.2) is 13.2 Å². The van der Waals surface area contributed by atoms with Crippen LogP contribution in [0, 0.1) is 0 Å². The molecule has 0 aromatic rings. The summed E-state index contributed by atoms with van der Waals surface area (Å²) in [6, 6.07) is -1.22. The third-order valence-electron chi connectivity index (χ3n) is 1.25. The molecular formula is C4H6F3N. The first-order valence-electron chi connectivity index (χ1n) is 2.34. The Balaban J connectivity index is 2.37. The molecule has 1 N–H and O–H groups in total. The molecule has 48 valence electrons. The Labute approximate surface area is 44.9 Å². The highest BCUT2D eigenvalue weighted by Crippen LogP contribution is 2.25. The van der Waals surface area contributed by atoms with E-state index in [0.717, 1.165) is 0 Å². The van der Waals surface area contributed by atoms with Gasteiger partial charge in [0, 0.05) is 0 Å². The minimum atomic E-state index is -2.80. The highest BCUT2D eigenvalue weighted by atomic mass is 19.3. The lowest BCUT2D eigenvalue weighted by atomic mass is 10.0. The van der Waals surface area contributed by atoms with Crippen LogP contribution in [0.3, 0.4) is 0 Å². The summed E-state index contributed by atoms with van der Waals surface area (Å²) in [4.78, 5) is 0. The predicted octanol–water partition coefficient (Wildman–Crippen LogP) is 0.563. The highest BCUT2D eigenvalue weighted by molar-refractivity contribution is 4.94. The van der Waals surface area contributed by atoms with E-state index in [1.807, 2.05) is 0 Å². The second kappa shape index (κ2) is 1.62. The van der Waals surface area contributed by atoms with E-state index in [4.69, 9.17) is 0 Å². The lowest BCUT2D eigenvalue weighted by Crippen LogP contribution is -2.63. The number of nitrogens with one attached hydrogen (secondary N) is 1. The maximum absolute atomic E-state index is 11.9. The molecule has 1 rings (SSSR count). The Morgan fingerprint density at radius 1 is 1.62 bits per heavy atom. The molecule has 1 aliphatic rings. The van der Waals surface area contributed by atoms with Crippen LogP contribution >= 0.6 is 0 Å². The molecule has 0 unspecified atom stereocenters. The molecule has 1 saturated heterocycles. The fraction of sp³-hybridized carbons (Fsp3) is 1.00. The maximum atomic E-state index is 11.9. The van der Waals surface area contributed by atoms with Crippen molar-refractivity contribution in [1.29, 1.82) is 0 Å². The van der Waals surface area contributed by atoms with Crippen LogP contribution in [0.1, 0.15) is 0 Å². The molecule has 1 heterocycles. The van der Waals surface area contributed by atoms with Gasteiger partial charge >= 0.3 is 0 Å². The number of hydrogen-bond donors (Lipinski definition) is 1. The number of rotatable bonds is 1. The van der Waals surface area contributed by atoms with Gasteiger partial charge < -0.3 is 5.32 Å². The Morgan fingerprint density at radius 2 is 2.25 bits per heavy atom. The summed E-state index contributed by atoms with van der Waals surface area (Å²) in [5, 5.41) is 2.26. The van der Waals surface area contributed by atoms with Crippen molar-refractivity contribution >= 4 is 0 Å². The fourth-order valence-corrected chi connectivity index (χ4v) is 0.568. The Kier molecular flexibility index (Phi) is 1.19. The zero-order valence-electron chi connectivity index (χ0n) is 4.13. The topological polar surface area (TPSA) is 12.0 Å². The van der Waals surface area contributed by atoms with Crippen LogP contribution < -0.4 is 5.32 Å². The Hall–Kier alpha value is -0.250. The van der Waals surface area contributed by atoms with Crippen LogP contribution in [0.4, 0.5) is 13.2 Å². The molecule has 1 aliphatic heterocycles. The summed E-state index contributed by atoms with van der Waals surface area (Å²) in [7, 11) is 0. The third kappa shape index (κ3) is 0.686. The van der Waals surface area contributed by atoms with Gasteiger partial charge in [-0.05, 0) is 0 Å². The zero-order valence-corrected chi connectivity index (χ0v) is 4.13. The SMILES string of the molecule is FC[C@@H]1NCC1(F)F.